The molecule has 0 radical (unpaired) electrons. The van der Waals surface area contributed by atoms with Crippen LogP contribution in [0.15, 0.2) is 39.7 Å². The number of guanidine groups is 1. The lowest BCUT2D eigenvalue weighted by atomic mass is 9.80. The number of aliphatic imine (C=N–C) groups is 1. The molecule has 2 N–H and O–H groups in total. The van der Waals surface area contributed by atoms with Gasteiger partial charge in [-0.05, 0) is 38.3 Å². The number of hydrogen-bond acceptors (Lipinski definition) is 3. The summed E-state index contributed by atoms with van der Waals surface area (Å²) in [6.07, 6.45) is 2.80. The maximum Gasteiger partial charge on any atom is 0.194 e. The number of hydrogen-bond donors (Lipinski definition) is 2. The van der Waals surface area contributed by atoms with Gasteiger partial charge in [-0.25, -0.2) is 0 Å². The number of aliphatic hydroxyl groups is 1. The molecule has 1 saturated carbocycles. The van der Waals surface area contributed by atoms with Gasteiger partial charge in [-0.2, -0.15) is 0 Å². The molecule has 2 aromatic rings. The van der Waals surface area contributed by atoms with E-state index in [0.29, 0.717) is 13.1 Å². The Kier molecular flexibility index (Phi) is 4.57. The van der Waals surface area contributed by atoms with Gasteiger partial charge in [0.05, 0.1) is 18.7 Å². The van der Waals surface area contributed by atoms with Gasteiger partial charge in [0.1, 0.15) is 11.3 Å². The molecule has 5 heteroatoms. The molecular formula is C18H25N3O2. The second kappa shape index (κ2) is 6.62. The minimum Gasteiger partial charge on any atom is -0.459 e. The van der Waals surface area contributed by atoms with Gasteiger partial charge in [-0.1, -0.05) is 18.2 Å². The van der Waals surface area contributed by atoms with Crippen LogP contribution in [0.1, 0.15) is 31.9 Å². The summed E-state index contributed by atoms with van der Waals surface area (Å²) in [5, 5.41) is 14.6. The topological polar surface area (TPSA) is 61.0 Å². The molecule has 1 heterocycles. The molecule has 5 nitrogen and oxygen atoms in total. The van der Waals surface area contributed by atoms with Crippen molar-refractivity contribution in [2.24, 2.45) is 4.99 Å². The van der Waals surface area contributed by atoms with Crippen molar-refractivity contribution >= 4 is 16.9 Å². The summed E-state index contributed by atoms with van der Waals surface area (Å²) in [5.41, 5.74) is 0.308. The molecule has 1 aromatic heterocycles. The first kappa shape index (κ1) is 15.9. The van der Waals surface area contributed by atoms with Gasteiger partial charge in [0.15, 0.2) is 5.96 Å². The number of nitrogens with one attached hydrogen (secondary N) is 1. The lowest BCUT2D eigenvalue weighted by Gasteiger charge is -2.35. The first-order valence-corrected chi connectivity index (χ1v) is 8.29. The summed E-state index contributed by atoms with van der Waals surface area (Å²) in [6.45, 7) is 3.93. The molecule has 1 fully saturated rings. The number of para-hydroxylation sites is 1. The van der Waals surface area contributed by atoms with Crippen LogP contribution in [0.2, 0.25) is 0 Å². The predicted octanol–water partition coefficient (Wildman–Crippen LogP) is 2.75. The number of furan rings is 1. The largest absolute Gasteiger partial charge is 0.459 e. The van der Waals surface area contributed by atoms with E-state index in [2.05, 4.69) is 16.4 Å². The summed E-state index contributed by atoms with van der Waals surface area (Å²) in [7, 11) is 1.99. The molecule has 0 bridgehead atoms. The highest BCUT2D eigenvalue weighted by atomic mass is 16.3. The molecule has 1 aliphatic rings. The Morgan fingerprint density at radius 2 is 2.17 bits per heavy atom. The standard InChI is InChI=1S/C18H25N3O2/c1-3-19-17(20-13-18(22)9-6-10-18)21(2)12-15-11-14-7-4-5-8-16(14)23-15/h4-5,7-8,11,22H,3,6,9-10,12-13H2,1-2H3,(H,19,20). The van der Waals surface area contributed by atoms with E-state index in [1.54, 1.807) is 0 Å². The maximum absolute atomic E-state index is 10.2. The van der Waals surface area contributed by atoms with Gasteiger partial charge >= 0.3 is 0 Å². The van der Waals surface area contributed by atoms with Crippen molar-refractivity contribution in [1.29, 1.82) is 0 Å². The molecule has 0 atom stereocenters. The second-order valence-corrected chi connectivity index (χ2v) is 6.35. The van der Waals surface area contributed by atoms with Crippen LogP contribution in [-0.4, -0.2) is 41.7 Å². The molecular weight excluding hydrogens is 290 g/mol. The highest BCUT2D eigenvalue weighted by molar-refractivity contribution is 5.80. The third-order valence-electron chi connectivity index (χ3n) is 4.37. The predicted molar refractivity (Wildman–Crippen MR) is 92.5 cm³/mol. The van der Waals surface area contributed by atoms with Crippen LogP contribution in [-0.2, 0) is 6.54 Å². The van der Waals surface area contributed by atoms with Crippen molar-refractivity contribution in [2.45, 2.75) is 38.3 Å². The zero-order valence-corrected chi connectivity index (χ0v) is 13.9. The fraction of sp³-hybridized carbons (Fsp3) is 0.500. The van der Waals surface area contributed by atoms with Crippen molar-refractivity contribution in [3.8, 4) is 0 Å². The fourth-order valence-corrected chi connectivity index (χ4v) is 2.86. The second-order valence-electron chi connectivity index (χ2n) is 6.35. The Morgan fingerprint density at radius 3 is 2.83 bits per heavy atom. The van der Waals surface area contributed by atoms with Crippen LogP contribution in [0.4, 0.5) is 0 Å². The Bertz CT molecular complexity index is 655. The van der Waals surface area contributed by atoms with Gasteiger partial charge in [-0.3, -0.25) is 4.99 Å². The molecule has 0 saturated heterocycles. The minimum absolute atomic E-state index is 0.458. The SMILES string of the molecule is CCNC(=NCC1(O)CCC1)N(C)Cc1cc2ccccc2o1. The van der Waals surface area contributed by atoms with E-state index >= 15 is 0 Å². The average molecular weight is 315 g/mol. The van der Waals surface area contributed by atoms with E-state index in [1.807, 2.05) is 43.1 Å². The van der Waals surface area contributed by atoms with Crippen LogP contribution >= 0.6 is 0 Å². The van der Waals surface area contributed by atoms with Crippen molar-refractivity contribution in [1.82, 2.24) is 10.2 Å². The van der Waals surface area contributed by atoms with E-state index in [-0.39, 0.29) is 0 Å². The van der Waals surface area contributed by atoms with Crippen molar-refractivity contribution in [2.75, 3.05) is 20.1 Å². The lowest BCUT2D eigenvalue weighted by Crippen LogP contribution is -2.43. The number of fused-ring (bicyclic) bond motifs is 1. The van der Waals surface area contributed by atoms with Crippen molar-refractivity contribution in [3.63, 3.8) is 0 Å². The van der Waals surface area contributed by atoms with E-state index in [0.717, 1.165) is 48.5 Å². The van der Waals surface area contributed by atoms with Gasteiger partial charge in [0.2, 0.25) is 0 Å². The number of benzene rings is 1. The molecule has 0 amide bonds. The fourth-order valence-electron chi connectivity index (χ4n) is 2.86. The highest BCUT2D eigenvalue weighted by Crippen LogP contribution is 2.31. The van der Waals surface area contributed by atoms with E-state index in [9.17, 15) is 5.11 Å². The summed E-state index contributed by atoms with van der Waals surface area (Å²) in [6, 6.07) is 10.1. The Labute approximate surface area is 137 Å². The Hall–Kier alpha value is -2.01. The van der Waals surface area contributed by atoms with Crippen LogP contribution in [0.5, 0.6) is 0 Å². The zero-order valence-electron chi connectivity index (χ0n) is 13.9. The lowest BCUT2D eigenvalue weighted by molar-refractivity contribution is -0.0237. The van der Waals surface area contributed by atoms with Crippen LogP contribution in [0, 0.1) is 0 Å². The number of rotatable bonds is 5. The van der Waals surface area contributed by atoms with Crippen molar-refractivity contribution in [3.05, 3.63) is 36.1 Å². The van der Waals surface area contributed by atoms with E-state index < -0.39 is 5.60 Å². The zero-order chi connectivity index (χ0) is 16.3. The number of nitrogens with zero attached hydrogens (tertiary/aromatic N) is 2. The third-order valence-corrected chi connectivity index (χ3v) is 4.37. The van der Waals surface area contributed by atoms with E-state index in [1.165, 1.54) is 0 Å². The smallest absolute Gasteiger partial charge is 0.194 e. The molecule has 0 unspecified atom stereocenters. The Morgan fingerprint density at radius 1 is 1.39 bits per heavy atom. The van der Waals surface area contributed by atoms with Gasteiger partial charge in [0, 0.05) is 19.0 Å². The summed E-state index contributed by atoms with van der Waals surface area (Å²) >= 11 is 0. The van der Waals surface area contributed by atoms with Gasteiger partial charge < -0.3 is 19.7 Å². The molecule has 0 spiro atoms. The summed E-state index contributed by atoms with van der Waals surface area (Å²) in [4.78, 5) is 6.63. The van der Waals surface area contributed by atoms with Gasteiger partial charge in [0.25, 0.3) is 0 Å². The van der Waals surface area contributed by atoms with Crippen molar-refractivity contribution < 1.29 is 9.52 Å². The summed E-state index contributed by atoms with van der Waals surface area (Å²) in [5.74, 6) is 1.70. The first-order valence-electron chi connectivity index (χ1n) is 8.29. The molecule has 124 valence electrons. The van der Waals surface area contributed by atoms with Gasteiger partial charge in [-0.15, -0.1) is 0 Å². The molecule has 0 aliphatic heterocycles. The average Bonchev–Trinajstić information content (AvgIpc) is 2.91. The molecule has 1 aliphatic carbocycles. The minimum atomic E-state index is -0.596. The third kappa shape index (κ3) is 3.67. The molecule has 1 aromatic carbocycles. The summed E-state index contributed by atoms with van der Waals surface area (Å²) < 4.78 is 5.87. The maximum atomic E-state index is 10.2. The first-order chi connectivity index (χ1) is 11.1. The highest BCUT2D eigenvalue weighted by Gasteiger charge is 2.34. The monoisotopic (exact) mass is 315 g/mol. The van der Waals surface area contributed by atoms with Crippen LogP contribution in [0.25, 0.3) is 11.0 Å². The Balaban J connectivity index is 1.69. The molecule has 3 rings (SSSR count). The van der Waals surface area contributed by atoms with E-state index in [4.69, 9.17) is 4.42 Å². The quantitative estimate of drug-likeness (QED) is 0.658. The molecule has 23 heavy (non-hydrogen) atoms. The van der Waals surface area contributed by atoms with Crippen LogP contribution < -0.4 is 5.32 Å². The van der Waals surface area contributed by atoms with Crippen LogP contribution in [0.3, 0.4) is 0 Å². The normalized spacial score (nSPS) is 17.1.